The molecule has 0 saturated carbocycles. The van der Waals surface area contributed by atoms with Crippen molar-refractivity contribution in [2.75, 3.05) is 5.32 Å². The lowest BCUT2D eigenvalue weighted by molar-refractivity contribution is -0.114. The maximum Gasteiger partial charge on any atom is 0.221 e. The molecule has 104 valence electrons. The molecule has 0 heterocycles. The van der Waals surface area contributed by atoms with Gasteiger partial charge in [-0.2, -0.15) is 0 Å². The Morgan fingerprint density at radius 3 is 2.24 bits per heavy atom. The molecule has 21 heavy (non-hydrogen) atoms. The Bertz CT molecular complexity index is 779. The van der Waals surface area contributed by atoms with Crippen LogP contribution in [0.15, 0.2) is 66.7 Å². The van der Waals surface area contributed by atoms with Crippen LogP contribution in [-0.2, 0) is 4.79 Å². The molecule has 3 aromatic carbocycles. The summed E-state index contributed by atoms with van der Waals surface area (Å²) in [6.45, 7) is 1.49. The molecule has 3 nitrogen and oxygen atoms in total. The summed E-state index contributed by atoms with van der Waals surface area (Å²) in [6, 6.07) is 21.5. The Morgan fingerprint density at radius 1 is 0.857 bits per heavy atom. The van der Waals surface area contributed by atoms with Gasteiger partial charge in [0, 0.05) is 12.6 Å². The first-order valence-electron chi connectivity index (χ1n) is 6.75. The minimum atomic E-state index is -0.0850. The lowest BCUT2D eigenvalue weighted by atomic mass is 10.1. The summed E-state index contributed by atoms with van der Waals surface area (Å²) >= 11 is 0. The highest BCUT2D eigenvalue weighted by atomic mass is 16.5. The van der Waals surface area contributed by atoms with Gasteiger partial charge in [-0.05, 0) is 47.2 Å². The first-order chi connectivity index (χ1) is 10.2. The average Bonchev–Trinajstić information content (AvgIpc) is 2.49. The average molecular weight is 277 g/mol. The molecule has 0 radical (unpaired) electrons. The zero-order chi connectivity index (χ0) is 14.7. The van der Waals surface area contributed by atoms with E-state index in [2.05, 4.69) is 17.4 Å². The van der Waals surface area contributed by atoms with Crippen LogP contribution >= 0.6 is 0 Å². The highest BCUT2D eigenvalue weighted by molar-refractivity contribution is 5.88. The van der Waals surface area contributed by atoms with Gasteiger partial charge in [0.15, 0.2) is 0 Å². The number of amides is 1. The minimum absolute atomic E-state index is 0.0850. The van der Waals surface area contributed by atoms with Gasteiger partial charge in [-0.15, -0.1) is 0 Å². The summed E-state index contributed by atoms with van der Waals surface area (Å²) in [5.74, 6) is 1.44. The van der Waals surface area contributed by atoms with Gasteiger partial charge in [-0.3, -0.25) is 4.79 Å². The van der Waals surface area contributed by atoms with Crippen LogP contribution in [0.25, 0.3) is 10.8 Å². The zero-order valence-electron chi connectivity index (χ0n) is 11.7. The van der Waals surface area contributed by atoms with Crippen molar-refractivity contribution < 1.29 is 9.53 Å². The number of benzene rings is 3. The monoisotopic (exact) mass is 277 g/mol. The van der Waals surface area contributed by atoms with Gasteiger partial charge in [0.05, 0.1) is 0 Å². The fourth-order valence-corrected chi connectivity index (χ4v) is 2.18. The molecular weight excluding hydrogens is 262 g/mol. The number of carbonyl (C=O) groups is 1. The molecule has 0 aromatic heterocycles. The summed E-state index contributed by atoms with van der Waals surface area (Å²) in [5.41, 5.74) is 0.758. The Morgan fingerprint density at radius 2 is 1.52 bits per heavy atom. The maximum absolute atomic E-state index is 11.0. The first-order valence-corrected chi connectivity index (χ1v) is 6.75. The predicted molar refractivity (Wildman–Crippen MR) is 84.8 cm³/mol. The molecule has 0 atom stereocenters. The lowest BCUT2D eigenvalue weighted by Gasteiger charge is -2.08. The number of hydrogen-bond donors (Lipinski definition) is 1. The third kappa shape index (κ3) is 3.20. The largest absolute Gasteiger partial charge is 0.457 e. The van der Waals surface area contributed by atoms with Crippen molar-refractivity contribution in [1.29, 1.82) is 0 Å². The van der Waals surface area contributed by atoms with Crippen molar-refractivity contribution in [3.05, 3.63) is 66.7 Å². The van der Waals surface area contributed by atoms with Crippen LogP contribution in [0.1, 0.15) is 6.92 Å². The second kappa shape index (κ2) is 5.67. The number of carbonyl (C=O) groups excluding carboxylic acids is 1. The van der Waals surface area contributed by atoms with Crippen LogP contribution in [-0.4, -0.2) is 5.91 Å². The Balaban J connectivity index is 1.79. The molecule has 0 saturated heterocycles. The summed E-state index contributed by atoms with van der Waals surface area (Å²) in [5, 5.41) is 5.05. The number of anilines is 1. The van der Waals surface area contributed by atoms with Crippen molar-refractivity contribution in [2.24, 2.45) is 0 Å². The molecular formula is C18H15NO2. The van der Waals surface area contributed by atoms with Crippen molar-refractivity contribution >= 4 is 22.4 Å². The smallest absolute Gasteiger partial charge is 0.221 e. The molecule has 3 heteroatoms. The predicted octanol–water partition coefficient (Wildman–Crippen LogP) is 4.59. The molecule has 3 aromatic rings. The van der Waals surface area contributed by atoms with E-state index in [4.69, 9.17) is 4.74 Å². The lowest BCUT2D eigenvalue weighted by Crippen LogP contribution is -2.05. The Hall–Kier alpha value is -2.81. The van der Waals surface area contributed by atoms with E-state index in [0.717, 1.165) is 22.6 Å². The van der Waals surface area contributed by atoms with Crippen LogP contribution in [0.3, 0.4) is 0 Å². The molecule has 1 amide bonds. The highest BCUT2D eigenvalue weighted by Crippen LogP contribution is 2.26. The van der Waals surface area contributed by atoms with Gasteiger partial charge in [-0.1, -0.05) is 30.3 Å². The summed E-state index contributed by atoms with van der Waals surface area (Å²) in [6.07, 6.45) is 0. The highest BCUT2D eigenvalue weighted by Gasteiger charge is 2.00. The third-order valence-electron chi connectivity index (χ3n) is 3.13. The van der Waals surface area contributed by atoms with Gasteiger partial charge in [-0.25, -0.2) is 0 Å². The Kier molecular flexibility index (Phi) is 3.56. The van der Waals surface area contributed by atoms with E-state index in [-0.39, 0.29) is 5.91 Å². The number of rotatable bonds is 3. The molecule has 0 aliphatic carbocycles. The molecule has 0 aliphatic heterocycles. The van der Waals surface area contributed by atoms with E-state index in [1.54, 1.807) is 0 Å². The van der Waals surface area contributed by atoms with E-state index in [1.807, 2.05) is 54.6 Å². The molecule has 0 aliphatic rings. The van der Waals surface area contributed by atoms with Crippen LogP contribution in [0.2, 0.25) is 0 Å². The fraction of sp³-hybridized carbons (Fsp3) is 0.0556. The maximum atomic E-state index is 11.0. The standard InChI is InChI=1S/C18H15NO2/c1-13(20)19-16-7-10-17(11-8-16)21-18-9-6-14-4-2-3-5-15(14)12-18/h2-12H,1H3,(H,19,20). The topological polar surface area (TPSA) is 38.3 Å². The van der Waals surface area contributed by atoms with Gasteiger partial charge in [0.25, 0.3) is 0 Å². The van der Waals surface area contributed by atoms with E-state index >= 15 is 0 Å². The SMILES string of the molecule is CC(=O)Nc1ccc(Oc2ccc3ccccc3c2)cc1. The van der Waals surface area contributed by atoms with Crippen LogP contribution in [0.4, 0.5) is 5.69 Å². The molecule has 0 bridgehead atoms. The van der Waals surface area contributed by atoms with Gasteiger partial charge < -0.3 is 10.1 Å². The Labute approximate surface area is 123 Å². The molecule has 0 spiro atoms. The van der Waals surface area contributed by atoms with E-state index in [1.165, 1.54) is 12.3 Å². The third-order valence-corrected chi connectivity index (χ3v) is 3.13. The molecule has 0 fully saturated rings. The summed E-state index contributed by atoms with van der Waals surface area (Å²) in [7, 11) is 0. The zero-order valence-corrected chi connectivity index (χ0v) is 11.7. The first kappa shape index (κ1) is 13.2. The molecule has 1 N–H and O–H groups in total. The van der Waals surface area contributed by atoms with Crippen LogP contribution in [0.5, 0.6) is 11.5 Å². The normalized spacial score (nSPS) is 10.3. The van der Waals surface area contributed by atoms with Crippen molar-refractivity contribution in [2.45, 2.75) is 6.92 Å². The summed E-state index contributed by atoms with van der Waals surface area (Å²) < 4.78 is 5.83. The number of hydrogen-bond acceptors (Lipinski definition) is 2. The van der Waals surface area contributed by atoms with E-state index < -0.39 is 0 Å². The number of fused-ring (bicyclic) bond motifs is 1. The molecule has 0 unspecified atom stereocenters. The second-order valence-corrected chi connectivity index (χ2v) is 4.82. The minimum Gasteiger partial charge on any atom is -0.457 e. The van der Waals surface area contributed by atoms with Gasteiger partial charge in [0.1, 0.15) is 11.5 Å². The van der Waals surface area contributed by atoms with Gasteiger partial charge in [0.2, 0.25) is 5.91 Å². The quantitative estimate of drug-likeness (QED) is 0.760. The fourth-order valence-electron chi connectivity index (χ4n) is 2.18. The second-order valence-electron chi connectivity index (χ2n) is 4.82. The van der Waals surface area contributed by atoms with Crippen molar-refractivity contribution in [1.82, 2.24) is 0 Å². The van der Waals surface area contributed by atoms with Crippen molar-refractivity contribution in [3.8, 4) is 11.5 Å². The van der Waals surface area contributed by atoms with E-state index in [9.17, 15) is 4.79 Å². The van der Waals surface area contributed by atoms with Crippen LogP contribution < -0.4 is 10.1 Å². The van der Waals surface area contributed by atoms with E-state index in [0.29, 0.717) is 0 Å². The van der Waals surface area contributed by atoms with Gasteiger partial charge >= 0.3 is 0 Å². The number of ether oxygens (including phenoxy) is 1. The summed E-state index contributed by atoms with van der Waals surface area (Å²) in [4.78, 5) is 11.0. The molecule has 3 rings (SSSR count). The van der Waals surface area contributed by atoms with Crippen molar-refractivity contribution in [3.63, 3.8) is 0 Å². The number of nitrogens with one attached hydrogen (secondary N) is 1. The van der Waals surface area contributed by atoms with Crippen LogP contribution in [0, 0.1) is 0 Å².